The van der Waals surface area contributed by atoms with Crippen LogP contribution in [0.3, 0.4) is 0 Å². The average Bonchev–Trinajstić information content (AvgIpc) is 2.60. The van der Waals surface area contributed by atoms with E-state index in [0.717, 1.165) is 35.6 Å². The highest BCUT2D eigenvalue weighted by atomic mass is 14.8. The van der Waals surface area contributed by atoms with Crippen LogP contribution >= 0.6 is 0 Å². The highest BCUT2D eigenvalue weighted by Gasteiger charge is 2.16. The van der Waals surface area contributed by atoms with Crippen molar-refractivity contribution in [3.63, 3.8) is 0 Å². The molecule has 1 aromatic carbocycles. The van der Waals surface area contributed by atoms with Crippen molar-refractivity contribution in [2.75, 3.05) is 0 Å². The Kier molecular flexibility index (Phi) is 6.30. The lowest BCUT2D eigenvalue weighted by molar-refractivity contribution is 0.713. The molecule has 0 fully saturated rings. The van der Waals surface area contributed by atoms with Crippen LogP contribution < -0.4 is 0 Å². The second-order valence-corrected chi connectivity index (χ2v) is 6.77. The Morgan fingerprint density at radius 3 is 2.00 bits per heavy atom. The fourth-order valence-electron chi connectivity index (χ4n) is 2.91. The number of benzene rings is 1. The molecule has 0 aliphatic carbocycles. The van der Waals surface area contributed by atoms with E-state index in [1.54, 1.807) is 0 Å². The first-order valence-electron chi connectivity index (χ1n) is 9.10. The Morgan fingerprint density at radius 1 is 0.958 bits per heavy atom. The van der Waals surface area contributed by atoms with Gasteiger partial charge in [-0.05, 0) is 61.8 Å². The van der Waals surface area contributed by atoms with Gasteiger partial charge in [-0.3, -0.25) is 9.98 Å². The van der Waals surface area contributed by atoms with Crippen LogP contribution in [0.2, 0.25) is 0 Å². The van der Waals surface area contributed by atoms with Crippen LogP contribution in [0.25, 0.3) is 0 Å². The van der Waals surface area contributed by atoms with E-state index in [0.29, 0.717) is 11.8 Å². The molecule has 1 aromatic heterocycles. The lowest BCUT2D eigenvalue weighted by atomic mass is 9.89. The summed E-state index contributed by atoms with van der Waals surface area (Å²) in [6, 6.07) is 12.8. The minimum absolute atomic E-state index is 0.506. The summed E-state index contributed by atoms with van der Waals surface area (Å²) in [7, 11) is 0. The van der Waals surface area contributed by atoms with E-state index in [-0.39, 0.29) is 0 Å². The molecule has 0 aliphatic heterocycles. The fraction of sp³-hybridized carbons (Fsp3) is 0.455. The van der Waals surface area contributed by atoms with Gasteiger partial charge in [0.15, 0.2) is 0 Å². The van der Waals surface area contributed by atoms with Crippen LogP contribution in [0.15, 0.2) is 41.4 Å². The maximum atomic E-state index is 5.06. The summed E-state index contributed by atoms with van der Waals surface area (Å²) in [6.45, 7) is 13.1. The van der Waals surface area contributed by atoms with Gasteiger partial charge >= 0.3 is 0 Å². The molecule has 0 saturated carbocycles. The molecule has 0 aliphatic rings. The molecule has 0 amide bonds. The average molecular weight is 322 g/mol. The number of hydrogen-bond acceptors (Lipinski definition) is 2. The van der Waals surface area contributed by atoms with E-state index in [1.165, 1.54) is 11.1 Å². The van der Waals surface area contributed by atoms with Crippen LogP contribution in [0.4, 0.5) is 5.69 Å². The third-order valence-electron chi connectivity index (χ3n) is 4.92. The molecular weight excluding hydrogens is 292 g/mol. The molecule has 0 radical (unpaired) electrons. The van der Waals surface area contributed by atoms with E-state index in [4.69, 9.17) is 4.99 Å². The Hall–Kier alpha value is -1.96. The molecule has 24 heavy (non-hydrogen) atoms. The Labute approximate surface area is 147 Å². The Balaban J connectivity index is 2.59. The maximum Gasteiger partial charge on any atom is 0.0844 e. The lowest BCUT2D eigenvalue weighted by Gasteiger charge is -2.19. The number of nitrogens with zero attached hydrogens (tertiary/aromatic N) is 2. The van der Waals surface area contributed by atoms with Crippen molar-refractivity contribution in [2.45, 2.75) is 66.2 Å². The second-order valence-electron chi connectivity index (χ2n) is 6.77. The van der Waals surface area contributed by atoms with Gasteiger partial charge in [0.2, 0.25) is 0 Å². The van der Waals surface area contributed by atoms with Crippen LogP contribution in [-0.4, -0.2) is 10.7 Å². The van der Waals surface area contributed by atoms with Crippen molar-refractivity contribution in [3.05, 3.63) is 58.9 Å². The molecule has 0 N–H and O–H groups in total. The molecule has 0 saturated heterocycles. The number of aromatic nitrogens is 1. The number of pyridine rings is 1. The summed E-state index contributed by atoms with van der Waals surface area (Å²) in [6.07, 6.45) is 2.24. The van der Waals surface area contributed by atoms with Gasteiger partial charge in [-0.25, -0.2) is 0 Å². The first-order valence-corrected chi connectivity index (χ1v) is 9.10. The summed E-state index contributed by atoms with van der Waals surface area (Å²) in [5.74, 6) is 1.01. The van der Waals surface area contributed by atoms with E-state index in [1.807, 2.05) is 25.1 Å². The van der Waals surface area contributed by atoms with Gasteiger partial charge in [0, 0.05) is 5.69 Å². The van der Waals surface area contributed by atoms with Gasteiger partial charge in [0.05, 0.1) is 17.1 Å². The van der Waals surface area contributed by atoms with Gasteiger partial charge in [-0.2, -0.15) is 0 Å². The van der Waals surface area contributed by atoms with E-state index >= 15 is 0 Å². The Morgan fingerprint density at radius 2 is 1.50 bits per heavy atom. The van der Waals surface area contributed by atoms with E-state index in [2.05, 4.69) is 57.8 Å². The number of rotatable bonds is 6. The van der Waals surface area contributed by atoms with Crippen LogP contribution in [0.5, 0.6) is 0 Å². The normalized spacial score (nSPS) is 14.5. The predicted octanol–water partition coefficient (Wildman–Crippen LogP) is 6.56. The predicted molar refractivity (Wildman–Crippen MR) is 105 cm³/mol. The van der Waals surface area contributed by atoms with Crippen molar-refractivity contribution < 1.29 is 0 Å². The Bertz CT molecular complexity index is 687. The van der Waals surface area contributed by atoms with Gasteiger partial charge in [-0.15, -0.1) is 0 Å². The molecule has 0 spiro atoms. The maximum absolute atomic E-state index is 5.06. The fourth-order valence-corrected chi connectivity index (χ4v) is 2.91. The largest absolute Gasteiger partial charge is 0.252 e. The molecule has 2 aromatic rings. The zero-order valence-corrected chi connectivity index (χ0v) is 15.9. The van der Waals surface area contributed by atoms with Gasteiger partial charge < -0.3 is 0 Å². The molecule has 2 heteroatoms. The van der Waals surface area contributed by atoms with Gasteiger partial charge in [-0.1, -0.05) is 52.0 Å². The molecule has 2 atom stereocenters. The SMILES string of the molecule is CCC(C)c1cccc(C(C)CC)c1N=C(C)c1cccc(C)n1. The quantitative estimate of drug-likeness (QED) is 0.553. The first kappa shape index (κ1) is 18.4. The molecule has 2 nitrogen and oxygen atoms in total. The first-order chi connectivity index (χ1) is 11.5. The number of para-hydroxylation sites is 1. The molecule has 2 unspecified atom stereocenters. The smallest absolute Gasteiger partial charge is 0.0844 e. The van der Waals surface area contributed by atoms with E-state index < -0.39 is 0 Å². The minimum Gasteiger partial charge on any atom is -0.252 e. The van der Waals surface area contributed by atoms with Crippen LogP contribution in [0.1, 0.15) is 81.8 Å². The summed E-state index contributed by atoms with van der Waals surface area (Å²) in [4.78, 5) is 9.69. The van der Waals surface area contributed by atoms with Crippen molar-refractivity contribution in [3.8, 4) is 0 Å². The third kappa shape index (κ3) is 4.11. The minimum atomic E-state index is 0.506. The molecule has 128 valence electrons. The highest BCUT2D eigenvalue weighted by Crippen LogP contribution is 2.37. The van der Waals surface area contributed by atoms with Crippen molar-refractivity contribution >= 4 is 11.4 Å². The monoisotopic (exact) mass is 322 g/mol. The summed E-state index contributed by atoms with van der Waals surface area (Å²) < 4.78 is 0. The molecule has 0 bridgehead atoms. The molecule has 2 rings (SSSR count). The van der Waals surface area contributed by atoms with E-state index in [9.17, 15) is 0 Å². The zero-order valence-electron chi connectivity index (χ0n) is 15.9. The topological polar surface area (TPSA) is 25.2 Å². The summed E-state index contributed by atoms with van der Waals surface area (Å²) >= 11 is 0. The van der Waals surface area contributed by atoms with Crippen molar-refractivity contribution in [2.24, 2.45) is 4.99 Å². The summed E-state index contributed by atoms with van der Waals surface area (Å²) in [5.41, 5.74) is 6.83. The standard InChI is InChI=1S/C22H30N2/c1-7-15(3)19-12-10-13-20(16(4)8-2)22(19)24-18(6)21-14-9-11-17(5)23-21/h9-16H,7-8H2,1-6H3. The zero-order chi connectivity index (χ0) is 17.7. The highest BCUT2D eigenvalue weighted by molar-refractivity contribution is 5.99. The summed E-state index contributed by atoms with van der Waals surface area (Å²) in [5, 5.41) is 0. The molecular formula is C22H30N2. The van der Waals surface area contributed by atoms with Crippen molar-refractivity contribution in [1.82, 2.24) is 4.98 Å². The van der Waals surface area contributed by atoms with Crippen LogP contribution in [-0.2, 0) is 0 Å². The lowest BCUT2D eigenvalue weighted by Crippen LogP contribution is -2.03. The van der Waals surface area contributed by atoms with Gasteiger partial charge in [0.1, 0.15) is 0 Å². The number of aryl methyl sites for hydroxylation is 1. The number of hydrogen-bond donors (Lipinski definition) is 0. The van der Waals surface area contributed by atoms with Crippen molar-refractivity contribution in [1.29, 1.82) is 0 Å². The van der Waals surface area contributed by atoms with Crippen LogP contribution in [0, 0.1) is 6.92 Å². The van der Waals surface area contributed by atoms with Gasteiger partial charge in [0.25, 0.3) is 0 Å². The molecule has 1 heterocycles. The second kappa shape index (κ2) is 8.23. The number of aliphatic imine (C=N–C) groups is 1. The third-order valence-corrected chi connectivity index (χ3v) is 4.92.